The smallest absolute Gasteiger partial charge is 0.234 e. The fraction of sp³-hybridized carbons (Fsp3) is 0.875. The minimum absolute atomic E-state index is 0. The molecule has 0 aromatic rings. The van der Waals surface area contributed by atoms with Gasteiger partial charge in [0.2, 0.25) is 11.8 Å². The first-order valence-corrected chi connectivity index (χ1v) is 8.77. The van der Waals surface area contributed by atoms with Gasteiger partial charge >= 0.3 is 0 Å². The summed E-state index contributed by atoms with van der Waals surface area (Å²) < 4.78 is 0. The molecular formula is C16H33Cl2N5O2. The summed E-state index contributed by atoms with van der Waals surface area (Å²) >= 11 is 0. The number of hydrogen-bond donors (Lipinski definition) is 2. The Morgan fingerprint density at radius 3 is 2.08 bits per heavy atom. The maximum Gasteiger partial charge on any atom is 0.234 e. The highest BCUT2D eigenvalue weighted by atomic mass is 35.5. The quantitative estimate of drug-likeness (QED) is 0.649. The number of amides is 2. The van der Waals surface area contributed by atoms with Crippen LogP contribution in [-0.4, -0.2) is 98.0 Å². The van der Waals surface area contributed by atoms with Crippen LogP contribution in [0.2, 0.25) is 0 Å². The number of nitrogens with zero attached hydrogens (tertiary/aromatic N) is 3. The molecule has 2 amide bonds. The first kappa shape index (κ1) is 24.4. The third-order valence-corrected chi connectivity index (χ3v) is 4.39. The highest BCUT2D eigenvalue weighted by Crippen LogP contribution is 2.04. The highest BCUT2D eigenvalue weighted by molar-refractivity contribution is 5.85. The molecule has 0 aromatic heterocycles. The summed E-state index contributed by atoms with van der Waals surface area (Å²) in [5.41, 5.74) is 0. The average molecular weight is 398 g/mol. The maximum absolute atomic E-state index is 12.2. The van der Waals surface area contributed by atoms with Gasteiger partial charge in [0.15, 0.2) is 0 Å². The van der Waals surface area contributed by atoms with Crippen LogP contribution in [0, 0.1) is 0 Å². The van der Waals surface area contributed by atoms with Crippen molar-refractivity contribution in [2.24, 2.45) is 0 Å². The van der Waals surface area contributed by atoms with Crippen molar-refractivity contribution < 1.29 is 9.59 Å². The highest BCUT2D eigenvalue weighted by Gasteiger charge is 2.21. The predicted octanol–water partition coefficient (Wildman–Crippen LogP) is -0.206. The molecule has 0 aliphatic carbocycles. The topological polar surface area (TPSA) is 67.9 Å². The van der Waals surface area contributed by atoms with Gasteiger partial charge in [-0.25, -0.2) is 0 Å². The van der Waals surface area contributed by atoms with E-state index in [0.29, 0.717) is 13.0 Å². The van der Waals surface area contributed by atoms with Crippen molar-refractivity contribution in [2.75, 3.05) is 65.4 Å². The van der Waals surface area contributed by atoms with Crippen LogP contribution < -0.4 is 10.6 Å². The standard InChI is InChI=1S/C16H31N5O2.2ClH/c1-14(2)18-15(22)13-20-11-9-19(10-12-20)6-3-16(23)21-7-4-17-5-8-21;;/h14,17H,3-13H2,1-2H3,(H,18,22);2*1H. The van der Waals surface area contributed by atoms with E-state index in [2.05, 4.69) is 20.4 Å². The summed E-state index contributed by atoms with van der Waals surface area (Å²) in [6, 6.07) is 0.194. The zero-order valence-electron chi connectivity index (χ0n) is 15.3. The number of carbonyl (C=O) groups is 2. The Balaban J connectivity index is 0.00000288. The van der Waals surface area contributed by atoms with Crippen LogP contribution in [0.3, 0.4) is 0 Å². The Kier molecular flexibility index (Phi) is 12.4. The van der Waals surface area contributed by atoms with Crippen LogP contribution >= 0.6 is 24.8 Å². The van der Waals surface area contributed by atoms with Gasteiger partial charge in [0.05, 0.1) is 6.54 Å². The molecule has 2 saturated heterocycles. The van der Waals surface area contributed by atoms with Gasteiger partial charge in [0, 0.05) is 71.4 Å². The van der Waals surface area contributed by atoms with E-state index < -0.39 is 0 Å². The molecule has 148 valence electrons. The van der Waals surface area contributed by atoms with Gasteiger partial charge in [-0.05, 0) is 13.8 Å². The van der Waals surface area contributed by atoms with E-state index in [0.717, 1.165) is 58.9 Å². The van der Waals surface area contributed by atoms with Crippen molar-refractivity contribution in [3.8, 4) is 0 Å². The molecule has 25 heavy (non-hydrogen) atoms. The monoisotopic (exact) mass is 397 g/mol. The largest absolute Gasteiger partial charge is 0.353 e. The second kappa shape index (κ2) is 12.7. The molecule has 0 saturated carbocycles. The summed E-state index contributed by atoms with van der Waals surface area (Å²) in [6.45, 7) is 12.4. The van der Waals surface area contributed by atoms with Crippen LogP contribution in [0.5, 0.6) is 0 Å². The molecule has 0 atom stereocenters. The van der Waals surface area contributed by atoms with Crippen molar-refractivity contribution >= 4 is 36.6 Å². The van der Waals surface area contributed by atoms with E-state index in [1.807, 2.05) is 18.7 Å². The minimum Gasteiger partial charge on any atom is -0.353 e. The Morgan fingerprint density at radius 1 is 0.960 bits per heavy atom. The molecule has 2 heterocycles. The van der Waals surface area contributed by atoms with E-state index in [1.54, 1.807) is 0 Å². The SMILES string of the molecule is CC(C)NC(=O)CN1CCN(CCC(=O)N2CCNCC2)CC1.Cl.Cl. The van der Waals surface area contributed by atoms with Crippen molar-refractivity contribution in [3.63, 3.8) is 0 Å². The lowest BCUT2D eigenvalue weighted by Gasteiger charge is -2.35. The average Bonchev–Trinajstić information content (AvgIpc) is 2.54. The van der Waals surface area contributed by atoms with Gasteiger partial charge in [0.1, 0.15) is 0 Å². The van der Waals surface area contributed by atoms with Crippen molar-refractivity contribution in [2.45, 2.75) is 26.3 Å². The Bertz CT molecular complexity index is 398. The molecule has 2 fully saturated rings. The molecule has 7 nitrogen and oxygen atoms in total. The van der Waals surface area contributed by atoms with E-state index in [4.69, 9.17) is 0 Å². The number of rotatable bonds is 6. The molecule has 2 rings (SSSR count). The van der Waals surface area contributed by atoms with Crippen molar-refractivity contribution in [3.05, 3.63) is 0 Å². The third-order valence-electron chi connectivity index (χ3n) is 4.39. The molecule has 0 radical (unpaired) electrons. The normalized spacial score (nSPS) is 19.1. The molecule has 9 heteroatoms. The molecule has 2 aliphatic rings. The van der Waals surface area contributed by atoms with Crippen molar-refractivity contribution in [1.82, 2.24) is 25.3 Å². The number of nitrogens with one attached hydrogen (secondary N) is 2. The number of piperazine rings is 2. The van der Waals surface area contributed by atoms with Gasteiger partial charge in [0.25, 0.3) is 0 Å². The summed E-state index contributed by atoms with van der Waals surface area (Å²) in [4.78, 5) is 30.4. The van der Waals surface area contributed by atoms with Crippen LogP contribution in [0.1, 0.15) is 20.3 Å². The Morgan fingerprint density at radius 2 is 1.52 bits per heavy atom. The molecule has 0 bridgehead atoms. The lowest BCUT2D eigenvalue weighted by atomic mass is 10.2. The zero-order chi connectivity index (χ0) is 16.7. The maximum atomic E-state index is 12.2. The second-order valence-corrected chi connectivity index (χ2v) is 6.72. The molecule has 0 unspecified atom stereocenters. The first-order chi connectivity index (χ1) is 11.0. The van der Waals surface area contributed by atoms with E-state index in [-0.39, 0.29) is 42.7 Å². The fourth-order valence-electron chi connectivity index (χ4n) is 3.07. The molecule has 0 spiro atoms. The van der Waals surface area contributed by atoms with Gasteiger partial charge in [-0.2, -0.15) is 0 Å². The number of halogens is 2. The lowest BCUT2D eigenvalue weighted by Crippen LogP contribution is -2.51. The summed E-state index contributed by atoms with van der Waals surface area (Å²) in [6.07, 6.45) is 0.605. The Hall–Kier alpha value is -0.600. The first-order valence-electron chi connectivity index (χ1n) is 8.77. The van der Waals surface area contributed by atoms with Gasteiger partial charge < -0.3 is 20.4 Å². The van der Waals surface area contributed by atoms with E-state index >= 15 is 0 Å². The minimum atomic E-state index is 0. The van der Waals surface area contributed by atoms with E-state index in [9.17, 15) is 9.59 Å². The predicted molar refractivity (Wildman–Crippen MR) is 105 cm³/mol. The van der Waals surface area contributed by atoms with Crippen LogP contribution in [0.4, 0.5) is 0 Å². The fourth-order valence-corrected chi connectivity index (χ4v) is 3.07. The molecule has 2 aliphatic heterocycles. The molecular weight excluding hydrogens is 365 g/mol. The molecule has 2 N–H and O–H groups in total. The van der Waals surface area contributed by atoms with Crippen LogP contribution in [0.25, 0.3) is 0 Å². The summed E-state index contributed by atoms with van der Waals surface area (Å²) in [5, 5.41) is 6.19. The van der Waals surface area contributed by atoms with Gasteiger partial charge in [-0.15, -0.1) is 24.8 Å². The van der Waals surface area contributed by atoms with Crippen molar-refractivity contribution in [1.29, 1.82) is 0 Å². The second-order valence-electron chi connectivity index (χ2n) is 6.72. The van der Waals surface area contributed by atoms with Crippen LogP contribution in [-0.2, 0) is 9.59 Å². The van der Waals surface area contributed by atoms with Gasteiger partial charge in [-0.1, -0.05) is 0 Å². The third kappa shape index (κ3) is 9.06. The molecule has 0 aromatic carbocycles. The summed E-state index contributed by atoms with van der Waals surface area (Å²) in [5.74, 6) is 0.368. The number of carbonyl (C=O) groups excluding carboxylic acids is 2. The Labute approximate surface area is 163 Å². The summed E-state index contributed by atoms with van der Waals surface area (Å²) in [7, 11) is 0. The lowest BCUT2D eigenvalue weighted by molar-refractivity contribution is -0.132. The zero-order valence-corrected chi connectivity index (χ0v) is 17.0. The van der Waals surface area contributed by atoms with Gasteiger partial charge in [-0.3, -0.25) is 14.5 Å². The number of hydrogen-bond acceptors (Lipinski definition) is 5. The van der Waals surface area contributed by atoms with E-state index in [1.165, 1.54) is 0 Å². The van der Waals surface area contributed by atoms with Crippen LogP contribution in [0.15, 0.2) is 0 Å².